The normalized spacial score (nSPS) is 20.0. The van der Waals surface area contributed by atoms with Crippen LogP contribution in [0, 0.1) is 11.8 Å². The Labute approximate surface area is 88.1 Å². The number of hydrogen-bond acceptors (Lipinski definition) is 4. The van der Waals surface area contributed by atoms with Gasteiger partial charge in [0.25, 0.3) is 0 Å². The summed E-state index contributed by atoms with van der Waals surface area (Å²) < 4.78 is 0. The van der Waals surface area contributed by atoms with Gasteiger partial charge in [-0.1, -0.05) is 11.6 Å². The first kappa shape index (κ1) is 11.4. The first-order valence-corrected chi connectivity index (χ1v) is 5.94. The van der Waals surface area contributed by atoms with E-state index >= 15 is 0 Å². The zero-order valence-corrected chi connectivity index (χ0v) is 9.30. The van der Waals surface area contributed by atoms with E-state index < -0.39 is 0 Å². The van der Waals surface area contributed by atoms with Crippen LogP contribution in [0.2, 0.25) is 0 Å². The van der Waals surface area contributed by atoms with Crippen LogP contribution >= 0.6 is 11.8 Å². The fraction of sp³-hybridized carbons (Fsp3) is 0.778. The average molecular weight is 216 g/mol. The summed E-state index contributed by atoms with van der Waals surface area (Å²) in [5, 5.41) is 15.1. The van der Waals surface area contributed by atoms with Gasteiger partial charge in [-0.2, -0.15) is 0 Å². The largest absolute Gasteiger partial charge is 0.410 e. The zero-order valence-electron chi connectivity index (χ0n) is 8.49. The van der Waals surface area contributed by atoms with E-state index in [-0.39, 0.29) is 11.8 Å². The van der Waals surface area contributed by atoms with Crippen molar-refractivity contribution >= 4 is 22.7 Å². The molecule has 14 heavy (non-hydrogen) atoms. The highest BCUT2D eigenvalue weighted by Gasteiger charge is 2.36. The molecule has 1 amide bonds. The predicted octanol–water partition coefficient (Wildman–Crippen LogP) is 1.30. The zero-order chi connectivity index (χ0) is 10.6. The Kier molecular flexibility index (Phi) is 4.25. The molecule has 1 saturated carbocycles. The Morgan fingerprint density at radius 3 is 2.57 bits per heavy atom. The van der Waals surface area contributed by atoms with E-state index in [0.717, 1.165) is 12.8 Å². The second-order valence-electron chi connectivity index (χ2n) is 3.43. The van der Waals surface area contributed by atoms with Gasteiger partial charge in [-0.25, -0.2) is 0 Å². The number of carbonyl (C=O) groups excluding carboxylic acids is 1. The number of hydrogen-bond donors (Lipinski definition) is 2. The van der Waals surface area contributed by atoms with Crippen LogP contribution in [0.5, 0.6) is 0 Å². The van der Waals surface area contributed by atoms with Crippen molar-refractivity contribution in [2.24, 2.45) is 17.0 Å². The molecular formula is C9H16N2O2S. The summed E-state index contributed by atoms with van der Waals surface area (Å²) in [5.41, 5.74) is 0. The van der Waals surface area contributed by atoms with Gasteiger partial charge in [-0.15, -0.1) is 11.8 Å². The molecule has 1 aliphatic rings. The number of thioether (sulfide) groups is 1. The molecule has 1 atom stereocenters. The molecule has 0 aromatic heterocycles. The quantitative estimate of drug-likeness (QED) is 0.323. The Hall–Kier alpha value is -0.710. The molecule has 0 heterocycles. The lowest BCUT2D eigenvalue weighted by atomic mass is 9.76. The molecule has 1 fully saturated rings. The maximum absolute atomic E-state index is 11.6. The lowest BCUT2D eigenvalue weighted by molar-refractivity contribution is -0.124. The predicted molar refractivity (Wildman–Crippen MR) is 57.6 cm³/mol. The average Bonchev–Trinajstić information content (AvgIpc) is 2.14. The first-order valence-electron chi connectivity index (χ1n) is 4.72. The van der Waals surface area contributed by atoms with E-state index in [1.807, 2.05) is 6.26 Å². The van der Waals surface area contributed by atoms with Crippen molar-refractivity contribution in [3.63, 3.8) is 0 Å². The third-order valence-electron chi connectivity index (χ3n) is 2.72. The standard InChI is InChI=1S/C9H16N2O2S/c1-10-8(12)7(6-4-3-5-6)9(11-13)14-2/h6-7,13H,3-5H2,1-2H3,(H,10,12). The van der Waals surface area contributed by atoms with Crippen LogP contribution in [-0.2, 0) is 4.79 Å². The summed E-state index contributed by atoms with van der Waals surface area (Å²) in [5.74, 6) is 0.0545. The molecule has 0 aromatic carbocycles. The summed E-state index contributed by atoms with van der Waals surface area (Å²) in [6, 6.07) is 0. The summed E-state index contributed by atoms with van der Waals surface area (Å²) in [7, 11) is 1.61. The van der Waals surface area contributed by atoms with Crippen LogP contribution in [0.4, 0.5) is 0 Å². The smallest absolute Gasteiger partial charge is 0.229 e. The molecular weight excluding hydrogens is 200 g/mol. The monoisotopic (exact) mass is 216 g/mol. The van der Waals surface area contributed by atoms with Crippen LogP contribution in [0.3, 0.4) is 0 Å². The van der Waals surface area contributed by atoms with E-state index in [0.29, 0.717) is 11.0 Å². The minimum atomic E-state index is -0.256. The van der Waals surface area contributed by atoms with Gasteiger partial charge < -0.3 is 10.5 Å². The maximum Gasteiger partial charge on any atom is 0.229 e. The van der Waals surface area contributed by atoms with Gasteiger partial charge in [0.2, 0.25) is 5.91 Å². The van der Waals surface area contributed by atoms with E-state index in [1.165, 1.54) is 18.2 Å². The Bertz CT molecular complexity index is 239. The van der Waals surface area contributed by atoms with Crippen LogP contribution in [-0.4, -0.2) is 29.5 Å². The second kappa shape index (κ2) is 5.24. The van der Waals surface area contributed by atoms with E-state index in [4.69, 9.17) is 5.21 Å². The highest BCUT2D eigenvalue weighted by Crippen LogP contribution is 2.36. The van der Waals surface area contributed by atoms with Gasteiger partial charge >= 0.3 is 0 Å². The topological polar surface area (TPSA) is 61.7 Å². The second-order valence-corrected chi connectivity index (χ2v) is 4.25. The van der Waals surface area contributed by atoms with Crippen molar-refractivity contribution in [2.75, 3.05) is 13.3 Å². The summed E-state index contributed by atoms with van der Waals surface area (Å²) >= 11 is 1.34. The van der Waals surface area contributed by atoms with Crippen molar-refractivity contribution < 1.29 is 10.0 Å². The van der Waals surface area contributed by atoms with Crippen LogP contribution in [0.1, 0.15) is 19.3 Å². The molecule has 0 bridgehead atoms. The van der Waals surface area contributed by atoms with Crippen LogP contribution in [0.25, 0.3) is 0 Å². The lowest BCUT2D eigenvalue weighted by Gasteiger charge is -2.32. The molecule has 1 aliphatic carbocycles. The summed E-state index contributed by atoms with van der Waals surface area (Å²) in [4.78, 5) is 11.6. The van der Waals surface area contributed by atoms with Crippen LogP contribution in [0.15, 0.2) is 5.16 Å². The van der Waals surface area contributed by atoms with Crippen LogP contribution < -0.4 is 5.32 Å². The molecule has 1 unspecified atom stereocenters. The molecule has 0 saturated heterocycles. The molecule has 0 aliphatic heterocycles. The van der Waals surface area contributed by atoms with Gasteiger partial charge in [0.1, 0.15) is 5.04 Å². The third-order valence-corrected chi connectivity index (χ3v) is 3.48. The molecule has 80 valence electrons. The van der Waals surface area contributed by atoms with Gasteiger partial charge in [-0.05, 0) is 25.0 Å². The molecule has 5 heteroatoms. The Balaban J connectivity index is 2.74. The van der Waals surface area contributed by atoms with Crippen molar-refractivity contribution in [2.45, 2.75) is 19.3 Å². The molecule has 4 nitrogen and oxygen atoms in total. The molecule has 0 radical (unpaired) electrons. The van der Waals surface area contributed by atoms with E-state index in [2.05, 4.69) is 10.5 Å². The van der Waals surface area contributed by atoms with E-state index in [9.17, 15) is 4.79 Å². The van der Waals surface area contributed by atoms with Gasteiger partial charge in [0.15, 0.2) is 0 Å². The fourth-order valence-electron chi connectivity index (χ4n) is 1.69. The summed E-state index contributed by atoms with van der Waals surface area (Å²) in [6.07, 6.45) is 5.10. The van der Waals surface area contributed by atoms with Gasteiger partial charge in [0.05, 0.1) is 5.92 Å². The molecule has 2 N–H and O–H groups in total. The van der Waals surface area contributed by atoms with Gasteiger partial charge in [0, 0.05) is 7.05 Å². The number of carbonyl (C=O) groups is 1. The fourth-order valence-corrected chi connectivity index (χ4v) is 2.32. The first-order chi connectivity index (χ1) is 6.74. The maximum atomic E-state index is 11.6. The molecule has 0 spiro atoms. The number of nitrogens with one attached hydrogen (secondary N) is 1. The lowest BCUT2D eigenvalue weighted by Crippen LogP contribution is -2.39. The Morgan fingerprint density at radius 2 is 2.29 bits per heavy atom. The van der Waals surface area contributed by atoms with Crippen molar-refractivity contribution in [3.8, 4) is 0 Å². The number of oxime groups is 1. The van der Waals surface area contributed by atoms with Crippen molar-refractivity contribution in [1.29, 1.82) is 0 Å². The number of nitrogens with zero attached hydrogens (tertiary/aromatic N) is 1. The minimum Gasteiger partial charge on any atom is -0.410 e. The highest BCUT2D eigenvalue weighted by atomic mass is 32.2. The van der Waals surface area contributed by atoms with Gasteiger partial charge in [-0.3, -0.25) is 4.79 Å². The third kappa shape index (κ3) is 2.20. The number of amides is 1. The van der Waals surface area contributed by atoms with Crippen molar-refractivity contribution in [1.82, 2.24) is 5.32 Å². The molecule has 1 rings (SSSR count). The van der Waals surface area contributed by atoms with E-state index in [1.54, 1.807) is 7.05 Å². The Morgan fingerprint density at radius 1 is 1.64 bits per heavy atom. The minimum absolute atomic E-state index is 0.0446. The molecule has 0 aromatic rings. The number of rotatable bonds is 3. The van der Waals surface area contributed by atoms with Crippen molar-refractivity contribution in [3.05, 3.63) is 0 Å². The summed E-state index contributed by atoms with van der Waals surface area (Å²) in [6.45, 7) is 0. The SMILES string of the molecule is CNC(=O)C(C(=NO)SC)C1CCC1. The highest BCUT2D eigenvalue weighted by molar-refractivity contribution is 8.13.